The molecule has 1 saturated heterocycles. The fraction of sp³-hybridized carbons (Fsp3) is 0.120. The van der Waals surface area contributed by atoms with Gasteiger partial charge in [0.15, 0.2) is 6.61 Å². The molecule has 2 N–H and O–H groups in total. The number of anilines is 1. The standard InChI is InChI=1S/C25H19BrN4O9/c1-37-24(33)20-8-7-17(39-20)12-29-23(32)18(28-25(29)34)10-14-9-15(26)11-19(30(35)36)22(14)38-13-21(31)27-16-5-3-2-4-6-16/h2-11H,12-13H2,1H3,(H,27,31)(H,28,34)/b18-10-. The van der Waals surface area contributed by atoms with Crippen LogP contribution in [0.5, 0.6) is 5.75 Å². The van der Waals surface area contributed by atoms with Crippen molar-refractivity contribution in [1.82, 2.24) is 10.2 Å². The van der Waals surface area contributed by atoms with Gasteiger partial charge in [0.2, 0.25) is 11.5 Å². The molecule has 4 rings (SSSR count). The van der Waals surface area contributed by atoms with Crippen LogP contribution in [0.1, 0.15) is 21.9 Å². The maximum Gasteiger partial charge on any atom is 0.373 e. The van der Waals surface area contributed by atoms with Crippen LogP contribution in [0, 0.1) is 10.1 Å². The van der Waals surface area contributed by atoms with Gasteiger partial charge in [-0.25, -0.2) is 9.59 Å². The van der Waals surface area contributed by atoms with Gasteiger partial charge < -0.3 is 24.5 Å². The van der Waals surface area contributed by atoms with Gasteiger partial charge in [-0.3, -0.25) is 24.6 Å². The van der Waals surface area contributed by atoms with E-state index in [4.69, 9.17) is 9.15 Å². The zero-order valence-corrected chi connectivity index (χ0v) is 21.7. The summed E-state index contributed by atoms with van der Waals surface area (Å²) in [5.74, 6) is -2.29. The molecule has 0 spiro atoms. The molecular formula is C25H19BrN4O9. The number of furan rings is 1. The Bertz CT molecular complexity index is 1500. The van der Waals surface area contributed by atoms with Crippen molar-refractivity contribution >= 4 is 57.2 Å². The number of carbonyl (C=O) groups is 4. The molecule has 4 amide bonds. The van der Waals surface area contributed by atoms with Crippen molar-refractivity contribution in [3.63, 3.8) is 0 Å². The number of carbonyl (C=O) groups excluding carboxylic acids is 4. The van der Waals surface area contributed by atoms with Gasteiger partial charge >= 0.3 is 17.7 Å². The van der Waals surface area contributed by atoms with Crippen molar-refractivity contribution in [3.05, 3.63) is 92.0 Å². The average molecular weight is 599 g/mol. The number of para-hydroxylation sites is 1. The first-order valence-electron chi connectivity index (χ1n) is 11.1. The van der Waals surface area contributed by atoms with Crippen LogP contribution in [0.25, 0.3) is 6.08 Å². The number of ether oxygens (including phenoxy) is 2. The van der Waals surface area contributed by atoms with Gasteiger partial charge in [0.05, 0.1) is 18.6 Å². The summed E-state index contributed by atoms with van der Waals surface area (Å²) in [4.78, 5) is 61.4. The van der Waals surface area contributed by atoms with E-state index in [1.807, 2.05) is 0 Å². The number of imide groups is 1. The Kier molecular flexibility index (Phi) is 8.05. The van der Waals surface area contributed by atoms with Crippen molar-refractivity contribution in [2.45, 2.75) is 6.54 Å². The molecule has 0 atom stereocenters. The largest absolute Gasteiger partial charge is 0.476 e. The Morgan fingerprint density at radius 2 is 1.92 bits per heavy atom. The van der Waals surface area contributed by atoms with Gasteiger partial charge in [-0.2, -0.15) is 0 Å². The normalized spacial score (nSPS) is 13.8. The van der Waals surface area contributed by atoms with E-state index < -0.39 is 41.0 Å². The monoisotopic (exact) mass is 598 g/mol. The Hall–Kier alpha value is -4.98. The molecule has 13 nitrogen and oxygen atoms in total. The molecule has 1 fully saturated rings. The van der Waals surface area contributed by atoms with E-state index in [1.54, 1.807) is 30.3 Å². The molecular weight excluding hydrogens is 580 g/mol. The van der Waals surface area contributed by atoms with Gasteiger partial charge in [-0.05, 0) is 36.4 Å². The smallest absolute Gasteiger partial charge is 0.373 e. The third-order valence-corrected chi connectivity index (χ3v) is 5.75. The lowest BCUT2D eigenvalue weighted by Gasteiger charge is -2.11. The average Bonchev–Trinajstić information content (AvgIpc) is 3.48. The number of methoxy groups -OCH3 is 1. The van der Waals surface area contributed by atoms with Gasteiger partial charge in [-0.1, -0.05) is 34.1 Å². The number of nitro groups is 1. The molecule has 0 bridgehead atoms. The Morgan fingerprint density at radius 1 is 1.18 bits per heavy atom. The molecule has 1 aliphatic rings. The summed E-state index contributed by atoms with van der Waals surface area (Å²) < 4.78 is 15.7. The Labute approximate surface area is 228 Å². The minimum absolute atomic E-state index is 0.0556. The second-order valence-electron chi connectivity index (χ2n) is 7.94. The van der Waals surface area contributed by atoms with E-state index in [0.717, 1.165) is 4.90 Å². The van der Waals surface area contributed by atoms with Crippen molar-refractivity contribution in [1.29, 1.82) is 0 Å². The molecule has 2 aromatic carbocycles. The fourth-order valence-corrected chi connectivity index (χ4v) is 4.02. The number of urea groups is 1. The highest BCUT2D eigenvalue weighted by Gasteiger charge is 2.35. The predicted molar refractivity (Wildman–Crippen MR) is 138 cm³/mol. The van der Waals surface area contributed by atoms with Gasteiger partial charge in [0, 0.05) is 21.8 Å². The highest BCUT2D eigenvalue weighted by molar-refractivity contribution is 9.10. The number of rotatable bonds is 9. The maximum absolute atomic E-state index is 13.0. The molecule has 14 heteroatoms. The quantitative estimate of drug-likeness (QED) is 0.122. The lowest BCUT2D eigenvalue weighted by molar-refractivity contribution is -0.385. The topological polar surface area (TPSA) is 170 Å². The number of hydrogen-bond donors (Lipinski definition) is 2. The number of benzene rings is 2. The molecule has 39 heavy (non-hydrogen) atoms. The number of halogens is 1. The first kappa shape index (κ1) is 27.1. The molecule has 0 unspecified atom stereocenters. The van der Waals surface area contributed by atoms with Crippen LogP contribution in [-0.2, 0) is 20.9 Å². The highest BCUT2D eigenvalue weighted by Crippen LogP contribution is 2.36. The summed E-state index contributed by atoms with van der Waals surface area (Å²) in [6.45, 7) is -0.859. The van der Waals surface area contributed by atoms with E-state index in [0.29, 0.717) is 10.2 Å². The third-order valence-electron chi connectivity index (χ3n) is 5.29. The zero-order chi connectivity index (χ0) is 28.1. The molecule has 200 valence electrons. The second kappa shape index (κ2) is 11.6. The highest BCUT2D eigenvalue weighted by atomic mass is 79.9. The van der Waals surface area contributed by atoms with Crippen LogP contribution in [0.3, 0.4) is 0 Å². The molecule has 1 aromatic heterocycles. The van der Waals surface area contributed by atoms with E-state index >= 15 is 0 Å². The SMILES string of the molecule is COC(=O)c1ccc(CN2C(=O)N/C(=C\c3cc(Br)cc([N+](=O)[O-])c3OCC(=O)Nc3ccccc3)C2=O)o1. The fourth-order valence-electron chi connectivity index (χ4n) is 3.56. The predicted octanol–water partition coefficient (Wildman–Crippen LogP) is 3.85. The Morgan fingerprint density at radius 3 is 2.62 bits per heavy atom. The van der Waals surface area contributed by atoms with Crippen LogP contribution in [0.15, 0.2) is 69.2 Å². The van der Waals surface area contributed by atoms with E-state index in [-0.39, 0.29) is 35.1 Å². The van der Waals surface area contributed by atoms with E-state index in [9.17, 15) is 29.3 Å². The van der Waals surface area contributed by atoms with Crippen LogP contribution < -0.4 is 15.4 Å². The molecule has 3 aromatic rings. The minimum atomic E-state index is -0.781. The van der Waals surface area contributed by atoms with Gasteiger partial charge in [0.1, 0.15) is 11.5 Å². The summed E-state index contributed by atoms with van der Waals surface area (Å²) in [7, 11) is 1.18. The number of esters is 1. The number of nitrogens with one attached hydrogen (secondary N) is 2. The maximum atomic E-state index is 13.0. The van der Waals surface area contributed by atoms with Gasteiger partial charge in [-0.15, -0.1) is 0 Å². The van der Waals surface area contributed by atoms with Gasteiger partial charge in [0.25, 0.3) is 11.8 Å². The van der Waals surface area contributed by atoms with Crippen LogP contribution in [0.2, 0.25) is 0 Å². The lowest BCUT2D eigenvalue weighted by atomic mass is 10.1. The van der Waals surface area contributed by atoms with Crippen molar-refractivity contribution in [2.75, 3.05) is 19.0 Å². The molecule has 0 saturated carbocycles. The molecule has 1 aliphatic heterocycles. The summed E-state index contributed by atoms with van der Waals surface area (Å²) in [6, 6.07) is 13.1. The van der Waals surface area contributed by atoms with Crippen molar-refractivity contribution in [2.24, 2.45) is 0 Å². The second-order valence-corrected chi connectivity index (χ2v) is 8.86. The number of nitrogens with zero attached hydrogens (tertiary/aromatic N) is 2. The van der Waals surface area contributed by atoms with Crippen LogP contribution >= 0.6 is 15.9 Å². The van der Waals surface area contributed by atoms with E-state index in [1.165, 1.54) is 37.5 Å². The zero-order valence-electron chi connectivity index (χ0n) is 20.1. The number of nitro benzene ring substituents is 1. The Balaban J connectivity index is 1.57. The number of amides is 4. The van der Waals surface area contributed by atoms with E-state index in [2.05, 4.69) is 31.3 Å². The third kappa shape index (κ3) is 6.30. The van der Waals surface area contributed by atoms with Crippen molar-refractivity contribution < 1.29 is 38.0 Å². The summed E-state index contributed by atoms with van der Waals surface area (Å²) in [5.41, 5.74) is -0.109. The minimum Gasteiger partial charge on any atom is -0.476 e. The first-order valence-corrected chi connectivity index (χ1v) is 11.9. The van der Waals surface area contributed by atoms with Crippen LogP contribution in [-0.4, -0.2) is 47.4 Å². The lowest BCUT2D eigenvalue weighted by Crippen LogP contribution is -2.30. The summed E-state index contributed by atoms with van der Waals surface area (Å²) in [6.07, 6.45) is 1.20. The summed E-state index contributed by atoms with van der Waals surface area (Å²) >= 11 is 3.19. The number of hydrogen-bond acceptors (Lipinski definition) is 9. The molecule has 0 aliphatic carbocycles. The van der Waals surface area contributed by atoms with Crippen LogP contribution in [0.4, 0.5) is 16.2 Å². The molecule has 2 heterocycles. The molecule has 0 radical (unpaired) electrons. The van der Waals surface area contributed by atoms with Crippen molar-refractivity contribution in [3.8, 4) is 5.75 Å². The summed E-state index contributed by atoms with van der Waals surface area (Å²) in [5, 5.41) is 16.7. The first-order chi connectivity index (χ1) is 18.7.